The van der Waals surface area contributed by atoms with Crippen molar-refractivity contribution in [3.05, 3.63) is 33.3 Å². The Labute approximate surface area is 137 Å². The average Bonchev–Trinajstić information content (AvgIpc) is 2.83. The molecule has 2 fully saturated rings. The van der Waals surface area contributed by atoms with Crippen LogP contribution in [0.25, 0.3) is 0 Å². The standard InChI is InChI=1S/C15H16BrClN2O2/c16-10-1-2-12(17)11(7-10)14(21)19-5-3-15(4-6-19)8-13(20)18-9-15/h1-2,7H,3-6,8-9H2,(H,18,20). The van der Waals surface area contributed by atoms with Crippen molar-refractivity contribution in [2.75, 3.05) is 19.6 Å². The van der Waals surface area contributed by atoms with Crippen LogP contribution in [0.3, 0.4) is 0 Å². The Bertz CT molecular complexity index is 597. The Morgan fingerprint density at radius 3 is 2.67 bits per heavy atom. The van der Waals surface area contributed by atoms with E-state index in [-0.39, 0.29) is 17.2 Å². The zero-order valence-corrected chi connectivity index (χ0v) is 13.8. The third-order valence-electron chi connectivity index (χ3n) is 4.47. The molecule has 0 radical (unpaired) electrons. The third-order valence-corrected chi connectivity index (χ3v) is 5.29. The summed E-state index contributed by atoms with van der Waals surface area (Å²) >= 11 is 9.50. The molecule has 2 amide bonds. The van der Waals surface area contributed by atoms with Gasteiger partial charge in [-0.25, -0.2) is 0 Å². The van der Waals surface area contributed by atoms with Gasteiger partial charge in [-0.05, 0) is 36.5 Å². The van der Waals surface area contributed by atoms with Crippen LogP contribution < -0.4 is 5.32 Å². The number of benzene rings is 1. The minimum Gasteiger partial charge on any atom is -0.356 e. The Hall–Kier alpha value is -1.07. The molecule has 2 heterocycles. The Morgan fingerprint density at radius 1 is 1.33 bits per heavy atom. The van der Waals surface area contributed by atoms with E-state index in [1.54, 1.807) is 12.1 Å². The van der Waals surface area contributed by atoms with Crippen LogP contribution in [0.5, 0.6) is 0 Å². The Balaban J connectivity index is 1.70. The fourth-order valence-electron chi connectivity index (χ4n) is 3.12. The number of carbonyl (C=O) groups is 2. The molecule has 0 bridgehead atoms. The minimum absolute atomic E-state index is 0.0339. The van der Waals surface area contributed by atoms with Crippen LogP contribution in [0.15, 0.2) is 22.7 Å². The maximum atomic E-state index is 12.6. The molecular weight excluding hydrogens is 356 g/mol. The predicted molar refractivity (Wildman–Crippen MR) is 84.3 cm³/mol. The predicted octanol–water partition coefficient (Wildman–Crippen LogP) is 2.84. The van der Waals surface area contributed by atoms with E-state index in [9.17, 15) is 9.59 Å². The van der Waals surface area contributed by atoms with Gasteiger partial charge in [-0.2, -0.15) is 0 Å². The quantitative estimate of drug-likeness (QED) is 0.825. The van der Waals surface area contributed by atoms with Crippen LogP contribution in [0.4, 0.5) is 0 Å². The highest BCUT2D eigenvalue weighted by Crippen LogP contribution is 2.38. The van der Waals surface area contributed by atoms with Gasteiger partial charge in [0, 0.05) is 30.5 Å². The topological polar surface area (TPSA) is 49.4 Å². The van der Waals surface area contributed by atoms with Crippen molar-refractivity contribution >= 4 is 39.3 Å². The third kappa shape index (κ3) is 2.94. The summed E-state index contributed by atoms with van der Waals surface area (Å²) < 4.78 is 0.842. The first kappa shape index (κ1) is 14.9. The molecule has 0 saturated carbocycles. The van der Waals surface area contributed by atoms with Crippen LogP contribution in [-0.4, -0.2) is 36.3 Å². The summed E-state index contributed by atoms with van der Waals surface area (Å²) in [6.07, 6.45) is 2.32. The van der Waals surface area contributed by atoms with Gasteiger partial charge in [-0.15, -0.1) is 0 Å². The van der Waals surface area contributed by atoms with Crippen molar-refractivity contribution in [1.82, 2.24) is 10.2 Å². The molecule has 1 spiro atoms. The molecule has 0 aliphatic carbocycles. The lowest BCUT2D eigenvalue weighted by atomic mass is 9.77. The normalized spacial score (nSPS) is 20.7. The van der Waals surface area contributed by atoms with Crippen molar-refractivity contribution in [2.24, 2.45) is 5.41 Å². The summed E-state index contributed by atoms with van der Waals surface area (Å²) in [4.78, 5) is 25.8. The molecule has 1 aromatic carbocycles. The molecule has 6 heteroatoms. The van der Waals surface area contributed by atoms with Crippen LogP contribution in [0.2, 0.25) is 5.02 Å². The van der Waals surface area contributed by atoms with E-state index in [0.29, 0.717) is 30.1 Å². The fraction of sp³-hybridized carbons (Fsp3) is 0.467. The number of hydrogen-bond acceptors (Lipinski definition) is 2. The molecule has 2 saturated heterocycles. The Kier molecular flexibility index (Phi) is 3.97. The lowest BCUT2D eigenvalue weighted by Crippen LogP contribution is -2.44. The summed E-state index contributed by atoms with van der Waals surface area (Å²) in [5.74, 6) is 0.0956. The van der Waals surface area contributed by atoms with E-state index in [1.807, 2.05) is 11.0 Å². The van der Waals surface area contributed by atoms with E-state index >= 15 is 0 Å². The maximum Gasteiger partial charge on any atom is 0.255 e. The number of halogens is 2. The number of carbonyl (C=O) groups excluding carboxylic acids is 2. The molecule has 1 aromatic rings. The minimum atomic E-state index is -0.0339. The molecule has 112 valence electrons. The van der Waals surface area contributed by atoms with Gasteiger partial charge in [-0.1, -0.05) is 27.5 Å². The first-order valence-corrected chi connectivity index (χ1v) is 8.17. The summed E-state index contributed by atoms with van der Waals surface area (Å²) in [5.41, 5.74) is 0.581. The number of likely N-dealkylation sites (tertiary alicyclic amines) is 1. The molecule has 0 aromatic heterocycles. The zero-order valence-electron chi connectivity index (χ0n) is 11.5. The summed E-state index contributed by atoms with van der Waals surface area (Å²) in [6.45, 7) is 2.10. The molecule has 2 aliphatic heterocycles. The van der Waals surface area contributed by atoms with E-state index in [1.165, 1.54) is 0 Å². The van der Waals surface area contributed by atoms with Gasteiger partial charge < -0.3 is 10.2 Å². The molecular formula is C15H16BrClN2O2. The van der Waals surface area contributed by atoms with E-state index < -0.39 is 0 Å². The van der Waals surface area contributed by atoms with Crippen molar-refractivity contribution in [3.63, 3.8) is 0 Å². The summed E-state index contributed by atoms with van der Waals surface area (Å²) in [5, 5.41) is 3.38. The van der Waals surface area contributed by atoms with Gasteiger partial charge in [0.15, 0.2) is 0 Å². The highest BCUT2D eigenvalue weighted by atomic mass is 79.9. The number of nitrogens with one attached hydrogen (secondary N) is 1. The first-order chi connectivity index (χ1) is 9.99. The molecule has 3 rings (SSSR count). The monoisotopic (exact) mass is 370 g/mol. The van der Waals surface area contributed by atoms with Crippen LogP contribution in [0.1, 0.15) is 29.6 Å². The van der Waals surface area contributed by atoms with Gasteiger partial charge in [0.05, 0.1) is 10.6 Å². The first-order valence-electron chi connectivity index (χ1n) is 7.00. The second kappa shape index (κ2) is 5.61. The smallest absolute Gasteiger partial charge is 0.255 e. The lowest BCUT2D eigenvalue weighted by molar-refractivity contribution is -0.119. The Morgan fingerprint density at radius 2 is 2.05 bits per heavy atom. The van der Waals surface area contributed by atoms with Crippen LogP contribution in [-0.2, 0) is 4.79 Å². The van der Waals surface area contributed by atoms with E-state index in [4.69, 9.17) is 11.6 Å². The summed E-state index contributed by atoms with van der Waals surface area (Å²) in [6, 6.07) is 5.31. The molecule has 2 aliphatic rings. The largest absolute Gasteiger partial charge is 0.356 e. The second-order valence-corrected chi connectivity index (χ2v) is 7.19. The number of piperidine rings is 1. The zero-order chi connectivity index (χ0) is 15.0. The van der Waals surface area contributed by atoms with Crippen LogP contribution >= 0.6 is 27.5 Å². The molecule has 0 unspecified atom stereocenters. The highest BCUT2D eigenvalue weighted by Gasteiger charge is 2.41. The maximum absolute atomic E-state index is 12.6. The SMILES string of the molecule is O=C1CC2(CCN(C(=O)c3cc(Br)ccc3Cl)CC2)CN1. The van der Waals surface area contributed by atoms with Crippen LogP contribution in [0, 0.1) is 5.41 Å². The number of amides is 2. The van der Waals surface area contributed by atoms with Gasteiger partial charge >= 0.3 is 0 Å². The van der Waals surface area contributed by atoms with Gasteiger partial charge in [0.2, 0.25) is 5.91 Å². The van der Waals surface area contributed by atoms with Gasteiger partial charge in [0.25, 0.3) is 5.91 Å². The van der Waals surface area contributed by atoms with Crippen molar-refractivity contribution < 1.29 is 9.59 Å². The molecule has 21 heavy (non-hydrogen) atoms. The second-order valence-electron chi connectivity index (χ2n) is 5.87. The number of nitrogens with zero attached hydrogens (tertiary/aromatic N) is 1. The lowest BCUT2D eigenvalue weighted by Gasteiger charge is -2.38. The van der Waals surface area contributed by atoms with Gasteiger partial charge in [0.1, 0.15) is 0 Å². The number of hydrogen-bond donors (Lipinski definition) is 1. The molecule has 1 N–H and O–H groups in total. The van der Waals surface area contributed by atoms with Crippen molar-refractivity contribution in [1.29, 1.82) is 0 Å². The number of rotatable bonds is 1. The average molecular weight is 372 g/mol. The van der Waals surface area contributed by atoms with Crippen molar-refractivity contribution in [2.45, 2.75) is 19.3 Å². The fourth-order valence-corrected chi connectivity index (χ4v) is 3.68. The van der Waals surface area contributed by atoms with E-state index in [2.05, 4.69) is 21.2 Å². The molecule has 4 nitrogen and oxygen atoms in total. The van der Waals surface area contributed by atoms with Gasteiger partial charge in [-0.3, -0.25) is 9.59 Å². The van der Waals surface area contributed by atoms with E-state index in [0.717, 1.165) is 23.9 Å². The highest BCUT2D eigenvalue weighted by molar-refractivity contribution is 9.10. The molecule has 0 atom stereocenters. The van der Waals surface area contributed by atoms with Crippen molar-refractivity contribution in [3.8, 4) is 0 Å². The summed E-state index contributed by atoms with van der Waals surface area (Å²) in [7, 11) is 0.